The fourth-order valence-corrected chi connectivity index (χ4v) is 1.63. The molecule has 0 fully saturated rings. The van der Waals surface area contributed by atoms with Gasteiger partial charge in [0.05, 0.1) is 0 Å². The molecule has 1 aromatic rings. The van der Waals surface area contributed by atoms with E-state index in [1.807, 2.05) is 18.2 Å². The van der Waals surface area contributed by atoms with Crippen LogP contribution in [-0.4, -0.2) is 29.9 Å². The van der Waals surface area contributed by atoms with Crippen molar-refractivity contribution >= 4 is 0 Å². The summed E-state index contributed by atoms with van der Waals surface area (Å²) in [6.45, 7) is 9.38. The Bertz CT molecular complexity index is 377. The van der Waals surface area contributed by atoms with Crippen LogP contribution in [0.25, 0.3) is 0 Å². The lowest BCUT2D eigenvalue weighted by Gasteiger charge is -2.26. The van der Waals surface area contributed by atoms with Crippen LogP contribution in [0.15, 0.2) is 24.3 Å². The van der Waals surface area contributed by atoms with E-state index in [-0.39, 0.29) is 5.54 Å². The minimum Gasteiger partial charge on any atom is -0.491 e. The van der Waals surface area contributed by atoms with E-state index in [0.717, 1.165) is 18.6 Å². The van der Waals surface area contributed by atoms with Crippen molar-refractivity contribution in [2.24, 2.45) is 0 Å². The Hall–Kier alpha value is -1.06. The molecule has 108 valence electrons. The zero-order chi connectivity index (χ0) is 14.3. The zero-order valence-electron chi connectivity index (χ0n) is 12.6. The van der Waals surface area contributed by atoms with Gasteiger partial charge in [-0.05, 0) is 44.4 Å². The summed E-state index contributed by atoms with van der Waals surface area (Å²) < 4.78 is 5.62. The number of aryl methyl sites for hydroxylation is 1. The standard InChI is InChI=1S/C16H27NO2/c1-5-13-8-7-9-15(10-13)19-12-14(18)11-17-16(3,4)6-2/h7-10,14,17-18H,5-6,11-12H2,1-4H3. The smallest absolute Gasteiger partial charge is 0.119 e. The number of ether oxygens (including phenoxy) is 1. The first-order valence-corrected chi connectivity index (χ1v) is 7.11. The van der Waals surface area contributed by atoms with Gasteiger partial charge < -0.3 is 15.2 Å². The maximum atomic E-state index is 9.91. The SMILES string of the molecule is CCc1cccc(OCC(O)CNC(C)(C)CC)c1. The van der Waals surface area contributed by atoms with Gasteiger partial charge in [-0.25, -0.2) is 0 Å². The molecule has 1 rings (SSSR count). The minimum atomic E-state index is -0.490. The number of aliphatic hydroxyl groups is 1. The molecular weight excluding hydrogens is 238 g/mol. The predicted molar refractivity (Wildman–Crippen MR) is 79.7 cm³/mol. The van der Waals surface area contributed by atoms with Crippen LogP contribution in [0.3, 0.4) is 0 Å². The number of aliphatic hydroxyl groups excluding tert-OH is 1. The Labute approximate surface area is 117 Å². The Morgan fingerprint density at radius 2 is 2.05 bits per heavy atom. The molecule has 1 atom stereocenters. The van der Waals surface area contributed by atoms with Gasteiger partial charge in [-0.1, -0.05) is 26.0 Å². The highest BCUT2D eigenvalue weighted by Gasteiger charge is 2.16. The van der Waals surface area contributed by atoms with Crippen molar-refractivity contribution in [3.8, 4) is 5.75 Å². The summed E-state index contributed by atoms with van der Waals surface area (Å²) in [5.74, 6) is 0.827. The van der Waals surface area contributed by atoms with Gasteiger partial charge in [-0.3, -0.25) is 0 Å². The monoisotopic (exact) mass is 265 g/mol. The summed E-state index contributed by atoms with van der Waals surface area (Å²) in [6, 6.07) is 8.01. The molecule has 3 heteroatoms. The van der Waals surface area contributed by atoms with E-state index in [1.54, 1.807) is 0 Å². The van der Waals surface area contributed by atoms with Gasteiger partial charge in [0.15, 0.2) is 0 Å². The average molecular weight is 265 g/mol. The maximum Gasteiger partial charge on any atom is 0.119 e. The van der Waals surface area contributed by atoms with Crippen molar-refractivity contribution in [1.29, 1.82) is 0 Å². The molecule has 0 spiro atoms. The van der Waals surface area contributed by atoms with Crippen molar-refractivity contribution in [3.05, 3.63) is 29.8 Å². The summed E-state index contributed by atoms with van der Waals surface area (Å²) in [5, 5.41) is 13.2. The molecule has 0 aromatic heterocycles. The normalized spacial score (nSPS) is 13.3. The molecule has 0 aliphatic carbocycles. The molecule has 1 aromatic carbocycles. The van der Waals surface area contributed by atoms with Crippen molar-refractivity contribution in [2.75, 3.05) is 13.2 Å². The Morgan fingerprint density at radius 1 is 1.32 bits per heavy atom. The molecule has 0 aliphatic heterocycles. The molecule has 0 radical (unpaired) electrons. The number of β-amino-alcohol motifs (C(OH)–C–C–N with tert-alkyl or cyclic N) is 1. The van der Waals surface area contributed by atoms with Crippen molar-refractivity contribution in [1.82, 2.24) is 5.32 Å². The highest BCUT2D eigenvalue weighted by Crippen LogP contribution is 2.14. The maximum absolute atomic E-state index is 9.91. The molecule has 19 heavy (non-hydrogen) atoms. The molecule has 0 aliphatic rings. The van der Waals surface area contributed by atoms with E-state index in [0.29, 0.717) is 13.2 Å². The molecule has 0 bridgehead atoms. The lowest BCUT2D eigenvalue weighted by molar-refractivity contribution is 0.0985. The largest absolute Gasteiger partial charge is 0.491 e. The van der Waals surface area contributed by atoms with E-state index < -0.39 is 6.10 Å². The number of hydrogen-bond acceptors (Lipinski definition) is 3. The van der Waals surface area contributed by atoms with Crippen LogP contribution >= 0.6 is 0 Å². The highest BCUT2D eigenvalue weighted by molar-refractivity contribution is 5.28. The van der Waals surface area contributed by atoms with Gasteiger partial charge >= 0.3 is 0 Å². The first kappa shape index (κ1) is 16.0. The van der Waals surface area contributed by atoms with Crippen LogP contribution in [0, 0.1) is 0 Å². The van der Waals surface area contributed by atoms with Gasteiger partial charge in [-0.15, -0.1) is 0 Å². The average Bonchev–Trinajstić information content (AvgIpc) is 2.43. The van der Waals surface area contributed by atoms with Crippen molar-refractivity contribution < 1.29 is 9.84 Å². The quantitative estimate of drug-likeness (QED) is 0.759. The Kier molecular flexibility index (Phi) is 6.32. The van der Waals surface area contributed by atoms with Gasteiger partial charge in [0.2, 0.25) is 0 Å². The molecule has 0 saturated carbocycles. The number of nitrogens with one attached hydrogen (secondary N) is 1. The Morgan fingerprint density at radius 3 is 2.68 bits per heavy atom. The third-order valence-corrected chi connectivity index (χ3v) is 3.45. The van der Waals surface area contributed by atoms with Crippen LogP contribution in [0.5, 0.6) is 5.75 Å². The van der Waals surface area contributed by atoms with Crippen molar-refractivity contribution in [3.63, 3.8) is 0 Å². The van der Waals surface area contributed by atoms with Gasteiger partial charge in [0, 0.05) is 12.1 Å². The second kappa shape index (κ2) is 7.51. The van der Waals surface area contributed by atoms with Crippen LogP contribution in [0.2, 0.25) is 0 Å². The summed E-state index contributed by atoms with van der Waals surface area (Å²) in [6.07, 6.45) is 1.53. The second-order valence-electron chi connectivity index (χ2n) is 5.58. The van der Waals surface area contributed by atoms with Crippen LogP contribution < -0.4 is 10.1 Å². The van der Waals surface area contributed by atoms with Crippen molar-refractivity contribution in [2.45, 2.75) is 52.2 Å². The lowest BCUT2D eigenvalue weighted by Crippen LogP contribution is -2.44. The number of benzene rings is 1. The van der Waals surface area contributed by atoms with E-state index in [1.165, 1.54) is 5.56 Å². The highest BCUT2D eigenvalue weighted by atomic mass is 16.5. The number of rotatable bonds is 8. The van der Waals surface area contributed by atoms with Gasteiger partial charge in [-0.2, -0.15) is 0 Å². The third-order valence-electron chi connectivity index (χ3n) is 3.45. The molecule has 0 amide bonds. The van der Waals surface area contributed by atoms with E-state index in [4.69, 9.17) is 4.74 Å². The molecule has 3 nitrogen and oxygen atoms in total. The van der Waals surface area contributed by atoms with Gasteiger partial charge in [0.25, 0.3) is 0 Å². The zero-order valence-corrected chi connectivity index (χ0v) is 12.6. The molecule has 0 saturated heterocycles. The molecular formula is C16H27NO2. The molecule has 2 N–H and O–H groups in total. The Balaban J connectivity index is 2.35. The van der Waals surface area contributed by atoms with Crippen LogP contribution in [0.1, 0.15) is 39.7 Å². The predicted octanol–water partition coefficient (Wildman–Crippen LogP) is 2.77. The molecule has 1 unspecified atom stereocenters. The third kappa shape index (κ3) is 6.08. The summed E-state index contributed by atoms with van der Waals surface area (Å²) in [5.41, 5.74) is 1.31. The first-order valence-electron chi connectivity index (χ1n) is 7.11. The second-order valence-corrected chi connectivity index (χ2v) is 5.58. The van der Waals surface area contributed by atoms with E-state index in [9.17, 15) is 5.11 Å². The van der Waals surface area contributed by atoms with E-state index in [2.05, 4.69) is 39.1 Å². The number of hydrogen-bond donors (Lipinski definition) is 2. The fourth-order valence-electron chi connectivity index (χ4n) is 1.63. The van der Waals surface area contributed by atoms with Gasteiger partial charge in [0.1, 0.15) is 18.5 Å². The first-order chi connectivity index (χ1) is 8.96. The van der Waals surface area contributed by atoms with Crippen LogP contribution in [-0.2, 0) is 6.42 Å². The summed E-state index contributed by atoms with van der Waals surface area (Å²) in [4.78, 5) is 0. The summed E-state index contributed by atoms with van der Waals surface area (Å²) >= 11 is 0. The topological polar surface area (TPSA) is 41.5 Å². The summed E-state index contributed by atoms with van der Waals surface area (Å²) in [7, 11) is 0. The lowest BCUT2D eigenvalue weighted by atomic mass is 10.0. The van der Waals surface area contributed by atoms with Crippen LogP contribution in [0.4, 0.5) is 0 Å². The minimum absolute atomic E-state index is 0.0586. The molecule has 0 heterocycles. The van der Waals surface area contributed by atoms with E-state index >= 15 is 0 Å². The fraction of sp³-hybridized carbons (Fsp3) is 0.625.